The number of methoxy groups -OCH3 is 3. The van der Waals surface area contributed by atoms with Crippen molar-refractivity contribution in [3.8, 4) is 17.2 Å². The highest BCUT2D eigenvalue weighted by Gasteiger charge is 2.30. The minimum absolute atomic E-state index is 0.198. The second-order valence-electron chi connectivity index (χ2n) is 6.67. The molecule has 0 unspecified atom stereocenters. The number of rotatable bonds is 8. The van der Waals surface area contributed by atoms with Crippen LogP contribution in [0.2, 0.25) is 0 Å². The topological polar surface area (TPSA) is 87.0 Å². The summed E-state index contributed by atoms with van der Waals surface area (Å²) in [5.74, 6) is 3.28. The first-order chi connectivity index (χ1) is 13.6. The van der Waals surface area contributed by atoms with E-state index in [1.807, 2.05) is 30.3 Å². The van der Waals surface area contributed by atoms with Gasteiger partial charge in [-0.3, -0.25) is 4.79 Å². The number of benzene rings is 1. The van der Waals surface area contributed by atoms with Crippen molar-refractivity contribution in [2.24, 2.45) is 5.92 Å². The highest BCUT2D eigenvalue weighted by molar-refractivity contribution is 5.84. The van der Waals surface area contributed by atoms with Crippen molar-refractivity contribution in [2.45, 2.75) is 19.3 Å². The Morgan fingerprint density at radius 2 is 1.86 bits per heavy atom. The number of Topliss-reactive ketones (excluding diaryl/α,β-unsaturated/α-hetero) is 1. The largest absolute Gasteiger partial charge is 0.493 e. The van der Waals surface area contributed by atoms with Crippen molar-refractivity contribution in [1.82, 2.24) is 14.6 Å². The summed E-state index contributed by atoms with van der Waals surface area (Å²) in [6.07, 6.45) is 2.25. The van der Waals surface area contributed by atoms with E-state index >= 15 is 0 Å². The molecule has 0 bridgehead atoms. The fraction of sp³-hybridized carbons (Fsp3) is 0.350. The van der Waals surface area contributed by atoms with E-state index in [2.05, 4.69) is 15.4 Å². The molecule has 28 heavy (non-hydrogen) atoms. The number of carbonyl (C=O) groups is 1. The molecule has 3 aromatic rings. The van der Waals surface area contributed by atoms with Crippen LogP contribution < -0.4 is 19.5 Å². The van der Waals surface area contributed by atoms with Crippen LogP contribution in [0.1, 0.15) is 18.7 Å². The van der Waals surface area contributed by atoms with Crippen molar-refractivity contribution < 1.29 is 19.0 Å². The Kier molecular flexibility index (Phi) is 4.77. The molecule has 1 aliphatic carbocycles. The van der Waals surface area contributed by atoms with E-state index in [0.29, 0.717) is 34.5 Å². The van der Waals surface area contributed by atoms with Crippen LogP contribution in [0.5, 0.6) is 17.2 Å². The molecule has 146 valence electrons. The van der Waals surface area contributed by atoms with E-state index in [4.69, 9.17) is 14.2 Å². The van der Waals surface area contributed by atoms with Gasteiger partial charge in [-0.25, -0.2) is 4.98 Å². The molecule has 1 N–H and O–H groups in total. The lowest BCUT2D eigenvalue weighted by atomic mass is 10.2. The minimum atomic E-state index is 0.198. The van der Waals surface area contributed by atoms with Gasteiger partial charge in [-0.05, 0) is 25.0 Å². The molecule has 1 fully saturated rings. The minimum Gasteiger partial charge on any atom is -0.493 e. The van der Waals surface area contributed by atoms with Gasteiger partial charge in [-0.15, -0.1) is 5.10 Å². The number of hydrogen-bond donors (Lipinski definition) is 1. The van der Waals surface area contributed by atoms with Gasteiger partial charge in [0, 0.05) is 23.7 Å². The van der Waals surface area contributed by atoms with Crippen molar-refractivity contribution >= 4 is 22.9 Å². The number of pyridine rings is 1. The van der Waals surface area contributed by atoms with E-state index in [1.54, 1.807) is 25.8 Å². The molecule has 0 aliphatic heterocycles. The SMILES string of the molecule is COc1cc(Nc2cccc3nc(CC(=O)C4CC4)nn23)cc(OC)c1OC. The number of hydrogen-bond acceptors (Lipinski definition) is 7. The Balaban J connectivity index is 1.66. The summed E-state index contributed by atoms with van der Waals surface area (Å²) in [6, 6.07) is 9.26. The third-order valence-electron chi connectivity index (χ3n) is 4.71. The Labute approximate surface area is 162 Å². The molecular weight excluding hydrogens is 360 g/mol. The maximum absolute atomic E-state index is 12.1. The van der Waals surface area contributed by atoms with Crippen LogP contribution in [0.3, 0.4) is 0 Å². The van der Waals surface area contributed by atoms with Gasteiger partial charge in [-0.1, -0.05) is 6.07 Å². The van der Waals surface area contributed by atoms with Crippen molar-refractivity contribution in [2.75, 3.05) is 26.6 Å². The molecule has 1 saturated carbocycles. The lowest BCUT2D eigenvalue weighted by Gasteiger charge is -2.15. The Bertz CT molecular complexity index is 1000. The van der Waals surface area contributed by atoms with E-state index in [-0.39, 0.29) is 18.1 Å². The molecule has 1 aliphatic rings. The first-order valence-corrected chi connectivity index (χ1v) is 9.07. The van der Waals surface area contributed by atoms with Crippen LogP contribution in [0, 0.1) is 5.92 Å². The molecule has 4 rings (SSSR count). The second kappa shape index (κ2) is 7.38. The highest BCUT2D eigenvalue weighted by Crippen LogP contribution is 2.40. The summed E-state index contributed by atoms with van der Waals surface area (Å²) in [5.41, 5.74) is 1.42. The van der Waals surface area contributed by atoms with E-state index in [1.165, 1.54) is 0 Å². The lowest BCUT2D eigenvalue weighted by Crippen LogP contribution is -2.06. The van der Waals surface area contributed by atoms with Gasteiger partial charge in [0.1, 0.15) is 11.6 Å². The predicted molar refractivity (Wildman–Crippen MR) is 104 cm³/mol. The van der Waals surface area contributed by atoms with E-state index < -0.39 is 0 Å². The Hall–Kier alpha value is -3.29. The van der Waals surface area contributed by atoms with Crippen molar-refractivity contribution in [3.63, 3.8) is 0 Å². The summed E-state index contributed by atoms with van der Waals surface area (Å²) in [4.78, 5) is 16.6. The number of aromatic nitrogens is 3. The summed E-state index contributed by atoms with van der Waals surface area (Å²) >= 11 is 0. The number of fused-ring (bicyclic) bond motifs is 1. The average molecular weight is 382 g/mol. The van der Waals surface area contributed by atoms with Gasteiger partial charge in [0.15, 0.2) is 23.0 Å². The highest BCUT2D eigenvalue weighted by atomic mass is 16.5. The van der Waals surface area contributed by atoms with Crippen LogP contribution in [0.25, 0.3) is 5.65 Å². The molecule has 0 radical (unpaired) electrons. The Morgan fingerprint density at radius 1 is 1.14 bits per heavy atom. The monoisotopic (exact) mass is 382 g/mol. The standard InChI is InChI=1S/C20H22N4O4/c1-26-15-9-13(10-16(27-2)20(15)28-3)21-18-5-4-6-19-22-17(23-24(18)19)11-14(25)12-7-8-12/h4-6,9-10,12,21H,7-8,11H2,1-3H3. The van der Waals surface area contributed by atoms with Crippen molar-refractivity contribution in [1.29, 1.82) is 0 Å². The molecule has 2 heterocycles. The van der Waals surface area contributed by atoms with Crippen LogP contribution in [-0.4, -0.2) is 41.7 Å². The quantitative estimate of drug-likeness (QED) is 0.641. The molecule has 0 spiro atoms. The summed E-state index contributed by atoms with van der Waals surface area (Å²) in [5, 5.41) is 7.82. The van der Waals surface area contributed by atoms with Crippen LogP contribution in [0.15, 0.2) is 30.3 Å². The molecule has 8 nitrogen and oxygen atoms in total. The fourth-order valence-corrected chi connectivity index (χ4v) is 3.13. The first-order valence-electron chi connectivity index (χ1n) is 9.07. The zero-order valence-electron chi connectivity index (χ0n) is 16.1. The van der Waals surface area contributed by atoms with Crippen LogP contribution in [0.4, 0.5) is 11.5 Å². The first kappa shape index (κ1) is 18.1. The average Bonchev–Trinajstić information content (AvgIpc) is 3.48. The summed E-state index contributed by atoms with van der Waals surface area (Å²) < 4.78 is 17.9. The Morgan fingerprint density at radius 3 is 2.46 bits per heavy atom. The van der Waals surface area contributed by atoms with Gasteiger partial charge in [0.2, 0.25) is 5.75 Å². The number of ether oxygens (including phenoxy) is 3. The maximum Gasteiger partial charge on any atom is 0.203 e. The number of ketones is 1. The number of carbonyl (C=O) groups excluding carboxylic acids is 1. The number of nitrogens with zero attached hydrogens (tertiary/aromatic N) is 3. The molecule has 1 aromatic carbocycles. The van der Waals surface area contributed by atoms with Gasteiger partial charge in [0.25, 0.3) is 0 Å². The summed E-state index contributed by atoms with van der Waals surface area (Å²) in [6.45, 7) is 0. The zero-order valence-corrected chi connectivity index (χ0v) is 16.1. The van der Waals surface area contributed by atoms with Crippen LogP contribution in [-0.2, 0) is 11.2 Å². The molecule has 2 aromatic heterocycles. The third kappa shape index (κ3) is 3.45. The second-order valence-corrected chi connectivity index (χ2v) is 6.67. The van der Waals surface area contributed by atoms with Gasteiger partial charge < -0.3 is 19.5 Å². The maximum atomic E-state index is 12.1. The molecule has 8 heteroatoms. The third-order valence-corrected chi connectivity index (χ3v) is 4.71. The molecular formula is C20H22N4O4. The summed E-state index contributed by atoms with van der Waals surface area (Å²) in [7, 11) is 4.71. The molecule has 0 amide bonds. The fourth-order valence-electron chi connectivity index (χ4n) is 3.13. The molecule has 0 saturated heterocycles. The zero-order chi connectivity index (χ0) is 19.7. The number of nitrogens with one attached hydrogen (secondary N) is 1. The van der Waals surface area contributed by atoms with Crippen LogP contribution >= 0.6 is 0 Å². The number of anilines is 2. The van der Waals surface area contributed by atoms with Gasteiger partial charge in [0.05, 0.1) is 27.8 Å². The van der Waals surface area contributed by atoms with E-state index in [0.717, 1.165) is 18.5 Å². The van der Waals surface area contributed by atoms with Gasteiger partial charge >= 0.3 is 0 Å². The predicted octanol–water partition coefficient (Wildman–Crippen LogP) is 3.02. The van der Waals surface area contributed by atoms with E-state index in [9.17, 15) is 4.79 Å². The smallest absolute Gasteiger partial charge is 0.203 e. The van der Waals surface area contributed by atoms with Gasteiger partial charge in [-0.2, -0.15) is 4.52 Å². The normalized spacial score (nSPS) is 13.4. The lowest BCUT2D eigenvalue weighted by molar-refractivity contribution is -0.119. The molecule has 0 atom stereocenters. The van der Waals surface area contributed by atoms with Crippen molar-refractivity contribution in [3.05, 3.63) is 36.2 Å².